The van der Waals surface area contributed by atoms with Crippen molar-refractivity contribution in [2.45, 2.75) is 20.8 Å². The summed E-state index contributed by atoms with van der Waals surface area (Å²) in [6.45, 7) is 4.79. The number of carbonyl (C=O) groups is 1. The van der Waals surface area contributed by atoms with E-state index in [2.05, 4.69) is 15.9 Å². The first-order chi connectivity index (χ1) is 10.4. The van der Waals surface area contributed by atoms with Crippen molar-refractivity contribution in [3.8, 4) is 11.5 Å². The van der Waals surface area contributed by atoms with E-state index in [1.165, 1.54) is 6.92 Å². The molecule has 0 fully saturated rings. The van der Waals surface area contributed by atoms with E-state index >= 15 is 0 Å². The summed E-state index contributed by atoms with van der Waals surface area (Å²) in [4.78, 5) is 23.8. The lowest BCUT2D eigenvalue weighted by Crippen LogP contribution is -2.13. The fourth-order valence-corrected chi connectivity index (χ4v) is 3.01. The number of Topliss-reactive ketones (excluding diaryl/α,β-unsaturated/α-hetero) is 1. The molecule has 0 N–H and O–H groups in total. The second-order valence-electron chi connectivity index (χ2n) is 5.19. The molecule has 0 spiro atoms. The lowest BCUT2D eigenvalue weighted by molar-refractivity contribution is 0.101. The number of hydrogen-bond donors (Lipinski definition) is 0. The zero-order chi connectivity index (χ0) is 16.0. The molecule has 0 aliphatic heterocycles. The molecular formula is C17H13BrO4. The Labute approximate surface area is 134 Å². The Bertz CT molecular complexity index is 963. The van der Waals surface area contributed by atoms with Crippen LogP contribution in [0.25, 0.3) is 22.5 Å². The number of carbonyl (C=O) groups excluding carboxylic acids is 1. The highest BCUT2D eigenvalue weighted by Gasteiger charge is 2.20. The first-order valence-corrected chi connectivity index (χ1v) is 7.52. The van der Waals surface area contributed by atoms with Crippen molar-refractivity contribution in [1.29, 1.82) is 0 Å². The zero-order valence-electron chi connectivity index (χ0n) is 12.3. The quantitative estimate of drug-likeness (QED) is 0.624. The van der Waals surface area contributed by atoms with Crippen molar-refractivity contribution in [3.05, 3.63) is 55.8 Å². The maximum atomic E-state index is 12.0. The first-order valence-electron chi connectivity index (χ1n) is 6.73. The van der Waals surface area contributed by atoms with Gasteiger partial charge in [-0.3, -0.25) is 4.79 Å². The van der Waals surface area contributed by atoms with Crippen LogP contribution < -0.4 is 5.63 Å². The smallest absolute Gasteiger partial charge is 0.340 e. The Balaban J connectivity index is 2.30. The van der Waals surface area contributed by atoms with E-state index in [1.807, 2.05) is 18.2 Å². The van der Waals surface area contributed by atoms with Gasteiger partial charge in [-0.25, -0.2) is 4.79 Å². The summed E-state index contributed by atoms with van der Waals surface area (Å²) in [5.74, 6) is 0.571. The molecule has 3 rings (SSSR count). The average molecular weight is 361 g/mol. The Morgan fingerprint density at radius 3 is 2.50 bits per heavy atom. The minimum absolute atomic E-state index is 0.164. The van der Waals surface area contributed by atoms with E-state index in [0.29, 0.717) is 33.8 Å². The number of halogens is 1. The molecule has 112 valence electrons. The largest absolute Gasteiger partial charge is 0.453 e. The molecule has 0 radical (unpaired) electrons. The van der Waals surface area contributed by atoms with Gasteiger partial charge in [0.2, 0.25) is 0 Å². The van der Waals surface area contributed by atoms with E-state index in [1.54, 1.807) is 19.9 Å². The van der Waals surface area contributed by atoms with E-state index in [4.69, 9.17) is 8.83 Å². The minimum atomic E-state index is -0.521. The molecule has 4 nitrogen and oxygen atoms in total. The molecular weight excluding hydrogens is 348 g/mol. The molecule has 22 heavy (non-hydrogen) atoms. The fourth-order valence-electron chi connectivity index (χ4n) is 2.63. The Morgan fingerprint density at radius 1 is 1.09 bits per heavy atom. The molecule has 0 atom stereocenters. The predicted molar refractivity (Wildman–Crippen MR) is 87.4 cm³/mol. The third-order valence-corrected chi connectivity index (χ3v) is 4.14. The van der Waals surface area contributed by atoms with Crippen LogP contribution in [0.4, 0.5) is 0 Å². The zero-order valence-corrected chi connectivity index (χ0v) is 13.9. The highest BCUT2D eigenvalue weighted by atomic mass is 79.9. The average Bonchev–Trinajstić information content (AvgIpc) is 2.85. The van der Waals surface area contributed by atoms with Gasteiger partial charge in [0, 0.05) is 26.5 Å². The van der Waals surface area contributed by atoms with Gasteiger partial charge in [-0.1, -0.05) is 15.9 Å². The van der Waals surface area contributed by atoms with Crippen LogP contribution >= 0.6 is 15.9 Å². The van der Waals surface area contributed by atoms with Crippen molar-refractivity contribution >= 4 is 32.7 Å². The number of furan rings is 1. The lowest BCUT2D eigenvalue weighted by atomic mass is 10.0. The number of ketones is 1. The normalized spacial score (nSPS) is 11.1. The second-order valence-corrected chi connectivity index (χ2v) is 6.11. The van der Waals surface area contributed by atoms with Gasteiger partial charge in [0.05, 0.1) is 0 Å². The molecule has 0 amide bonds. The van der Waals surface area contributed by atoms with Crippen LogP contribution in [0, 0.1) is 13.8 Å². The summed E-state index contributed by atoms with van der Waals surface area (Å²) >= 11 is 3.40. The molecule has 1 aromatic carbocycles. The molecule has 2 aromatic heterocycles. The maximum Gasteiger partial charge on any atom is 0.340 e. The highest BCUT2D eigenvalue weighted by molar-refractivity contribution is 9.10. The predicted octanol–water partition coefficient (Wildman–Crippen LogP) is 4.63. The molecule has 2 heterocycles. The second kappa shape index (κ2) is 5.25. The molecule has 0 unspecified atom stereocenters. The summed E-state index contributed by atoms with van der Waals surface area (Å²) in [5, 5.41) is 0.886. The summed E-state index contributed by atoms with van der Waals surface area (Å²) in [6.07, 6.45) is 0. The van der Waals surface area contributed by atoms with Gasteiger partial charge in [0.1, 0.15) is 5.58 Å². The van der Waals surface area contributed by atoms with Gasteiger partial charge in [-0.2, -0.15) is 0 Å². The molecule has 0 aliphatic carbocycles. The number of fused-ring (bicyclic) bond motifs is 1. The van der Waals surface area contributed by atoms with Gasteiger partial charge in [-0.05, 0) is 45.0 Å². The maximum absolute atomic E-state index is 12.0. The lowest BCUT2D eigenvalue weighted by Gasteiger charge is -2.08. The van der Waals surface area contributed by atoms with Crippen LogP contribution in [0.3, 0.4) is 0 Å². The summed E-state index contributed by atoms with van der Waals surface area (Å²) in [7, 11) is 0. The van der Waals surface area contributed by atoms with Crippen molar-refractivity contribution < 1.29 is 13.6 Å². The van der Waals surface area contributed by atoms with E-state index in [9.17, 15) is 9.59 Å². The highest BCUT2D eigenvalue weighted by Crippen LogP contribution is 2.32. The number of rotatable bonds is 2. The van der Waals surface area contributed by atoms with Gasteiger partial charge >= 0.3 is 5.63 Å². The van der Waals surface area contributed by atoms with Crippen LogP contribution in [0.15, 0.2) is 42.4 Å². The number of benzene rings is 1. The van der Waals surface area contributed by atoms with Crippen LogP contribution in [0.2, 0.25) is 0 Å². The molecule has 0 saturated heterocycles. The monoisotopic (exact) mass is 360 g/mol. The van der Waals surface area contributed by atoms with E-state index < -0.39 is 5.63 Å². The van der Waals surface area contributed by atoms with Crippen molar-refractivity contribution in [2.75, 3.05) is 0 Å². The van der Waals surface area contributed by atoms with Crippen molar-refractivity contribution in [2.24, 2.45) is 0 Å². The van der Waals surface area contributed by atoms with Gasteiger partial charge in [0.15, 0.2) is 17.3 Å². The molecule has 0 aliphatic rings. The van der Waals surface area contributed by atoms with Gasteiger partial charge < -0.3 is 8.83 Å². The van der Waals surface area contributed by atoms with Gasteiger partial charge in [-0.15, -0.1) is 0 Å². The van der Waals surface area contributed by atoms with Crippen LogP contribution in [0.5, 0.6) is 0 Å². The third-order valence-electron chi connectivity index (χ3n) is 3.65. The Morgan fingerprint density at radius 2 is 1.82 bits per heavy atom. The molecule has 0 bridgehead atoms. The Hall–Kier alpha value is -2.14. The van der Waals surface area contributed by atoms with E-state index in [-0.39, 0.29) is 5.78 Å². The molecule has 5 heteroatoms. The summed E-state index contributed by atoms with van der Waals surface area (Å²) in [5.41, 5.74) is 1.50. The molecule has 3 aromatic rings. The van der Waals surface area contributed by atoms with E-state index in [0.717, 1.165) is 9.86 Å². The van der Waals surface area contributed by atoms with Gasteiger partial charge in [0.25, 0.3) is 0 Å². The Kier molecular flexibility index (Phi) is 3.53. The van der Waals surface area contributed by atoms with Crippen molar-refractivity contribution in [1.82, 2.24) is 0 Å². The number of hydrogen-bond acceptors (Lipinski definition) is 4. The van der Waals surface area contributed by atoms with Crippen LogP contribution in [-0.4, -0.2) is 5.78 Å². The topological polar surface area (TPSA) is 60.4 Å². The van der Waals surface area contributed by atoms with Crippen molar-refractivity contribution in [3.63, 3.8) is 0 Å². The third kappa shape index (κ3) is 2.31. The fraction of sp³-hybridized carbons (Fsp3) is 0.176. The minimum Gasteiger partial charge on any atom is -0.453 e. The van der Waals surface area contributed by atoms with Crippen LogP contribution in [0.1, 0.15) is 28.4 Å². The first kappa shape index (κ1) is 14.8. The SMILES string of the molecule is CC(=O)c1c(C)c(-c2cc3cc(Br)ccc3o2)oc(=O)c1C. The summed E-state index contributed by atoms with van der Waals surface area (Å²) < 4.78 is 12.0. The molecule has 0 saturated carbocycles. The van der Waals surface area contributed by atoms with Crippen LogP contribution in [-0.2, 0) is 0 Å². The summed E-state index contributed by atoms with van der Waals surface area (Å²) in [6, 6.07) is 7.41. The standard InChI is InChI=1S/C17H13BrO4/c1-8-15(10(3)19)9(2)17(20)22-16(8)14-7-11-6-12(18)4-5-13(11)21-14/h4-7H,1-3H3.